The third-order valence-corrected chi connectivity index (χ3v) is 0. The highest BCUT2D eigenvalue weighted by Crippen LogP contribution is 1.56. The highest BCUT2D eigenvalue weighted by molar-refractivity contribution is 5.15. The second-order valence-corrected chi connectivity index (χ2v) is 0.707. The van der Waals surface area contributed by atoms with Gasteiger partial charge in [-0.15, -0.1) is 0 Å². The molecule has 0 atom stereocenters. The van der Waals surface area contributed by atoms with Crippen molar-refractivity contribution in [2.75, 3.05) is 0 Å². The van der Waals surface area contributed by atoms with Gasteiger partial charge in [0.05, 0.1) is 0 Å². The average molecular weight is 73.1 g/mol. The molecule has 0 saturated heterocycles. The molecule has 0 aliphatic carbocycles. The molecule has 32 valence electrons. The van der Waals surface area contributed by atoms with Crippen LogP contribution in [0.15, 0.2) is 0 Å². The van der Waals surface area contributed by atoms with E-state index in [9.17, 15) is 0 Å². The molecule has 0 aliphatic heterocycles. The van der Waals surface area contributed by atoms with E-state index in [0.717, 1.165) is 0 Å². The Bertz CT molecular complexity index is 7.61. The maximum absolute atomic E-state index is 5.50. The summed E-state index contributed by atoms with van der Waals surface area (Å²) in [5.74, 6) is 0. The maximum Gasteiger partial charge on any atom is -0.0187 e. The van der Waals surface area contributed by atoms with Gasteiger partial charge in [-0.2, -0.15) is 0 Å². The SMILES string of the molecule is C=N.CCC. The smallest absolute Gasteiger partial charge is 0.0187 e. The van der Waals surface area contributed by atoms with E-state index in [0.29, 0.717) is 0 Å². The van der Waals surface area contributed by atoms with Crippen LogP contribution in [0.25, 0.3) is 0 Å². The van der Waals surface area contributed by atoms with Gasteiger partial charge in [0.2, 0.25) is 0 Å². The summed E-state index contributed by atoms with van der Waals surface area (Å²) >= 11 is 0. The van der Waals surface area contributed by atoms with E-state index < -0.39 is 0 Å². The molecule has 1 heteroatoms. The zero-order chi connectivity index (χ0) is 4.71. The van der Waals surface area contributed by atoms with E-state index in [2.05, 4.69) is 20.6 Å². The van der Waals surface area contributed by atoms with Crippen LogP contribution >= 0.6 is 0 Å². The van der Waals surface area contributed by atoms with E-state index in [1.165, 1.54) is 6.42 Å². The molecule has 0 saturated carbocycles. The van der Waals surface area contributed by atoms with Crippen LogP contribution in [0.4, 0.5) is 0 Å². The van der Waals surface area contributed by atoms with Crippen LogP contribution < -0.4 is 0 Å². The third kappa shape index (κ3) is 94.0. The maximum atomic E-state index is 5.50. The van der Waals surface area contributed by atoms with Gasteiger partial charge in [-0.3, -0.25) is 0 Å². The monoisotopic (exact) mass is 73.1 g/mol. The Balaban J connectivity index is 0. The molecule has 1 N–H and O–H groups in total. The van der Waals surface area contributed by atoms with Gasteiger partial charge in [0, 0.05) is 0 Å². The van der Waals surface area contributed by atoms with Crippen LogP contribution in [0.1, 0.15) is 20.3 Å². The molecule has 0 rings (SSSR count). The minimum Gasteiger partial charge on any atom is -0.317 e. The van der Waals surface area contributed by atoms with E-state index >= 15 is 0 Å². The Kier molecular flexibility index (Phi) is 103. The quantitative estimate of drug-likeness (QED) is 0.422. The van der Waals surface area contributed by atoms with Gasteiger partial charge in [-0.1, -0.05) is 20.3 Å². The fourth-order valence-electron chi connectivity index (χ4n) is 0. The predicted molar refractivity (Wildman–Crippen MR) is 25.8 cm³/mol. The molecule has 0 amide bonds. The molecular weight excluding hydrogens is 62.1 g/mol. The summed E-state index contributed by atoms with van der Waals surface area (Å²) < 4.78 is 0. The zero-order valence-electron chi connectivity index (χ0n) is 3.91. The van der Waals surface area contributed by atoms with E-state index in [1.807, 2.05) is 0 Å². The molecule has 0 fully saturated rings. The van der Waals surface area contributed by atoms with Crippen molar-refractivity contribution >= 4 is 6.72 Å². The first-order chi connectivity index (χ1) is 2.41. The van der Waals surface area contributed by atoms with Crippen molar-refractivity contribution in [2.45, 2.75) is 20.3 Å². The lowest BCUT2D eigenvalue weighted by atomic mass is 10.6. The average Bonchev–Trinajstić information content (AvgIpc) is 1.46. The van der Waals surface area contributed by atoms with Crippen molar-refractivity contribution in [3.05, 3.63) is 0 Å². The van der Waals surface area contributed by atoms with Crippen LogP contribution in [0, 0.1) is 5.41 Å². The first-order valence-corrected chi connectivity index (χ1v) is 1.77. The fourth-order valence-corrected chi connectivity index (χ4v) is 0. The highest BCUT2D eigenvalue weighted by Gasteiger charge is 1.35. The zero-order valence-corrected chi connectivity index (χ0v) is 3.91. The Morgan fingerprint density at radius 3 is 1.40 bits per heavy atom. The summed E-state index contributed by atoms with van der Waals surface area (Å²) in [7, 11) is 0. The number of hydrogen-bond acceptors (Lipinski definition) is 1. The Labute approximate surface area is 33.5 Å². The number of nitrogens with one attached hydrogen (secondary N) is 1. The molecule has 0 aromatic heterocycles. The Morgan fingerprint density at radius 2 is 1.40 bits per heavy atom. The molecule has 0 unspecified atom stereocenters. The topological polar surface area (TPSA) is 23.9 Å². The number of hydrogen-bond donors (Lipinski definition) is 1. The summed E-state index contributed by atoms with van der Waals surface area (Å²) in [6, 6.07) is 0. The first kappa shape index (κ1) is 8.82. The van der Waals surface area contributed by atoms with Gasteiger partial charge in [-0.05, 0) is 6.72 Å². The Morgan fingerprint density at radius 1 is 1.40 bits per heavy atom. The van der Waals surface area contributed by atoms with Crippen LogP contribution in [-0.2, 0) is 0 Å². The van der Waals surface area contributed by atoms with Gasteiger partial charge < -0.3 is 5.41 Å². The minimum absolute atomic E-state index is 1.25. The van der Waals surface area contributed by atoms with Crippen molar-refractivity contribution < 1.29 is 0 Å². The second-order valence-electron chi connectivity index (χ2n) is 0.707. The summed E-state index contributed by atoms with van der Waals surface area (Å²) in [6.45, 7) is 6.75. The van der Waals surface area contributed by atoms with E-state index in [1.54, 1.807) is 0 Å². The van der Waals surface area contributed by atoms with Crippen molar-refractivity contribution in [1.82, 2.24) is 0 Å². The molecule has 0 aromatic carbocycles. The van der Waals surface area contributed by atoms with Crippen molar-refractivity contribution in [3.63, 3.8) is 0 Å². The normalized spacial score (nSPS) is 4.40. The molecule has 5 heavy (non-hydrogen) atoms. The largest absolute Gasteiger partial charge is 0.317 e. The van der Waals surface area contributed by atoms with Gasteiger partial charge in [0.1, 0.15) is 0 Å². The number of rotatable bonds is 0. The molecular formula is C4H11N. The summed E-state index contributed by atoms with van der Waals surface area (Å²) in [5.41, 5.74) is 0. The van der Waals surface area contributed by atoms with E-state index in [-0.39, 0.29) is 0 Å². The van der Waals surface area contributed by atoms with Crippen molar-refractivity contribution in [1.29, 1.82) is 5.41 Å². The van der Waals surface area contributed by atoms with Crippen LogP contribution in [0.5, 0.6) is 0 Å². The second kappa shape index (κ2) is 58.3. The lowest BCUT2D eigenvalue weighted by molar-refractivity contribution is 1.09. The minimum atomic E-state index is 1.25. The van der Waals surface area contributed by atoms with Gasteiger partial charge in [-0.25, -0.2) is 0 Å². The summed E-state index contributed by atoms with van der Waals surface area (Å²) in [5, 5.41) is 5.50. The lowest BCUT2D eigenvalue weighted by Crippen LogP contribution is -1.27. The molecule has 1 nitrogen and oxygen atoms in total. The lowest BCUT2D eigenvalue weighted by Gasteiger charge is -1.48. The van der Waals surface area contributed by atoms with Gasteiger partial charge in [0.25, 0.3) is 0 Å². The van der Waals surface area contributed by atoms with Crippen LogP contribution in [0.2, 0.25) is 0 Å². The van der Waals surface area contributed by atoms with Gasteiger partial charge in [0.15, 0.2) is 0 Å². The predicted octanol–water partition coefficient (Wildman–Crippen LogP) is 1.68. The summed E-state index contributed by atoms with van der Waals surface area (Å²) in [6.07, 6.45) is 1.25. The van der Waals surface area contributed by atoms with Crippen LogP contribution in [0.3, 0.4) is 0 Å². The highest BCUT2D eigenvalue weighted by atomic mass is 14.2. The summed E-state index contributed by atoms with van der Waals surface area (Å²) in [4.78, 5) is 0. The molecule has 0 aromatic rings. The molecule has 0 radical (unpaired) electrons. The fraction of sp³-hybridized carbons (Fsp3) is 0.750. The molecule has 0 bridgehead atoms. The third-order valence-electron chi connectivity index (χ3n) is 0. The van der Waals surface area contributed by atoms with E-state index in [4.69, 9.17) is 5.41 Å². The standard InChI is InChI=1S/C3H8.CH3N/c1-3-2;1-2/h3H2,1-2H3;2H,1H2. The Hall–Kier alpha value is -0.330. The van der Waals surface area contributed by atoms with Crippen molar-refractivity contribution in [3.8, 4) is 0 Å². The molecule has 0 spiro atoms. The first-order valence-electron chi connectivity index (χ1n) is 1.77. The van der Waals surface area contributed by atoms with Gasteiger partial charge >= 0.3 is 0 Å². The molecule has 0 aliphatic rings. The molecule has 0 heterocycles. The van der Waals surface area contributed by atoms with Crippen molar-refractivity contribution in [2.24, 2.45) is 0 Å². The van der Waals surface area contributed by atoms with Crippen LogP contribution in [-0.4, -0.2) is 6.72 Å².